The second kappa shape index (κ2) is 4.56. The van der Waals surface area contributed by atoms with E-state index in [2.05, 4.69) is 0 Å². The van der Waals surface area contributed by atoms with Gasteiger partial charge in [0, 0.05) is 12.3 Å². The summed E-state index contributed by atoms with van der Waals surface area (Å²) in [5.74, 6) is 0.0782. The van der Waals surface area contributed by atoms with Crippen molar-refractivity contribution < 1.29 is 9.90 Å². The molecule has 0 aliphatic heterocycles. The molecule has 0 aromatic carbocycles. The van der Waals surface area contributed by atoms with E-state index < -0.39 is 5.60 Å². The van der Waals surface area contributed by atoms with Crippen molar-refractivity contribution in [3.8, 4) is 0 Å². The van der Waals surface area contributed by atoms with Crippen LogP contribution in [0.4, 0.5) is 0 Å². The molecule has 0 radical (unpaired) electrons. The summed E-state index contributed by atoms with van der Waals surface area (Å²) >= 11 is 0. The van der Waals surface area contributed by atoms with Gasteiger partial charge in [0.1, 0.15) is 5.78 Å². The van der Waals surface area contributed by atoms with Gasteiger partial charge in [-0.3, -0.25) is 0 Å². The number of rotatable bonds is 4. The van der Waals surface area contributed by atoms with Gasteiger partial charge in [-0.1, -0.05) is 37.6 Å². The van der Waals surface area contributed by atoms with Gasteiger partial charge in [0.05, 0.1) is 5.60 Å². The molecule has 1 aliphatic carbocycles. The Labute approximate surface area is 85.3 Å². The minimum atomic E-state index is -0.810. The van der Waals surface area contributed by atoms with E-state index in [0.29, 0.717) is 12.8 Å². The largest absolute Gasteiger partial charge is 0.385 e. The molecule has 0 aromatic rings. The molecular weight excluding hydrogens is 176 g/mol. The minimum Gasteiger partial charge on any atom is -0.385 e. The van der Waals surface area contributed by atoms with Crippen LogP contribution in [-0.4, -0.2) is 16.5 Å². The maximum atomic E-state index is 11.0. The van der Waals surface area contributed by atoms with Crippen LogP contribution in [0.3, 0.4) is 0 Å². The summed E-state index contributed by atoms with van der Waals surface area (Å²) in [6, 6.07) is 0. The maximum Gasteiger partial charge on any atom is 0.130 e. The van der Waals surface area contributed by atoms with Crippen molar-refractivity contribution in [2.45, 2.75) is 38.7 Å². The number of aliphatic hydroxyl groups is 1. The average molecular weight is 194 g/mol. The Kier molecular flexibility index (Phi) is 3.64. The number of allylic oxidation sites excluding steroid dienone is 2. The van der Waals surface area contributed by atoms with E-state index in [1.165, 1.54) is 0 Å². The fraction of sp³-hybridized carbons (Fsp3) is 0.583. The number of hydrogen-bond acceptors (Lipinski definition) is 2. The summed E-state index contributed by atoms with van der Waals surface area (Å²) in [5.41, 5.74) is -0.810. The molecule has 78 valence electrons. The van der Waals surface area contributed by atoms with Crippen LogP contribution in [0.15, 0.2) is 24.3 Å². The Morgan fingerprint density at radius 3 is 2.79 bits per heavy atom. The van der Waals surface area contributed by atoms with E-state index in [-0.39, 0.29) is 11.7 Å². The maximum absolute atomic E-state index is 11.0. The van der Waals surface area contributed by atoms with Crippen LogP contribution in [0.25, 0.3) is 0 Å². The molecule has 1 rings (SSSR count). The van der Waals surface area contributed by atoms with Gasteiger partial charge < -0.3 is 9.90 Å². The summed E-state index contributed by atoms with van der Waals surface area (Å²) in [6.07, 6.45) is 9.55. The molecule has 0 aromatic heterocycles. The topological polar surface area (TPSA) is 37.3 Å². The second-order valence-electron chi connectivity index (χ2n) is 4.00. The van der Waals surface area contributed by atoms with Gasteiger partial charge in [0.25, 0.3) is 0 Å². The molecule has 0 fully saturated rings. The van der Waals surface area contributed by atoms with Crippen molar-refractivity contribution in [3.05, 3.63) is 24.3 Å². The van der Waals surface area contributed by atoms with Crippen molar-refractivity contribution in [2.24, 2.45) is 5.92 Å². The van der Waals surface area contributed by atoms with Gasteiger partial charge in [0.15, 0.2) is 0 Å². The van der Waals surface area contributed by atoms with Crippen molar-refractivity contribution in [3.63, 3.8) is 0 Å². The van der Waals surface area contributed by atoms with E-state index in [0.717, 1.165) is 6.42 Å². The highest BCUT2D eigenvalue weighted by molar-refractivity contribution is 5.76. The van der Waals surface area contributed by atoms with Crippen LogP contribution in [-0.2, 0) is 4.79 Å². The molecule has 0 spiro atoms. The fourth-order valence-corrected chi connectivity index (χ4v) is 1.93. The Hall–Kier alpha value is -0.890. The van der Waals surface area contributed by atoms with Crippen LogP contribution < -0.4 is 0 Å². The number of ketones is 1. The van der Waals surface area contributed by atoms with Crippen LogP contribution in [0.2, 0.25) is 0 Å². The number of Topliss-reactive ketones (excluding diaryl/α,β-unsaturated/α-hetero) is 1. The highest BCUT2D eigenvalue weighted by Crippen LogP contribution is 2.31. The lowest BCUT2D eigenvalue weighted by atomic mass is 9.78. The van der Waals surface area contributed by atoms with Crippen molar-refractivity contribution in [1.82, 2.24) is 0 Å². The molecule has 0 saturated carbocycles. The number of hydrogen-bond donors (Lipinski definition) is 1. The molecular formula is C12H18O2. The standard InChI is InChI=1S/C12H18O2/c1-3-7-12(14)8-5-4-6-11(12)9-10(2)13/h4-6,8,11,14H,3,7,9H2,1-2H3. The number of carbonyl (C=O) groups is 1. The predicted molar refractivity (Wildman–Crippen MR) is 56.9 cm³/mol. The Morgan fingerprint density at radius 1 is 1.50 bits per heavy atom. The Morgan fingerprint density at radius 2 is 2.21 bits per heavy atom. The molecule has 2 heteroatoms. The summed E-state index contributed by atoms with van der Waals surface area (Å²) in [7, 11) is 0. The van der Waals surface area contributed by atoms with Gasteiger partial charge in [-0.2, -0.15) is 0 Å². The lowest BCUT2D eigenvalue weighted by molar-refractivity contribution is -0.119. The number of carbonyl (C=O) groups excluding carboxylic acids is 1. The average Bonchev–Trinajstić information content (AvgIpc) is 2.09. The lowest BCUT2D eigenvalue weighted by Gasteiger charge is -2.33. The molecule has 14 heavy (non-hydrogen) atoms. The first-order valence-electron chi connectivity index (χ1n) is 5.16. The SMILES string of the molecule is CCCC1(O)C=CC=CC1CC(C)=O. The normalized spacial score (nSPS) is 30.6. The third-order valence-electron chi connectivity index (χ3n) is 2.64. The molecule has 0 amide bonds. The van der Waals surface area contributed by atoms with Crippen molar-refractivity contribution >= 4 is 5.78 Å². The zero-order chi connectivity index (χ0) is 10.6. The zero-order valence-electron chi connectivity index (χ0n) is 8.86. The highest BCUT2D eigenvalue weighted by atomic mass is 16.3. The van der Waals surface area contributed by atoms with Crippen LogP contribution in [0.1, 0.15) is 33.1 Å². The van der Waals surface area contributed by atoms with Gasteiger partial charge in [-0.15, -0.1) is 0 Å². The smallest absolute Gasteiger partial charge is 0.130 e. The molecule has 2 unspecified atom stereocenters. The summed E-state index contributed by atoms with van der Waals surface area (Å²) in [5, 5.41) is 10.3. The van der Waals surface area contributed by atoms with E-state index in [9.17, 15) is 9.90 Å². The van der Waals surface area contributed by atoms with Gasteiger partial charge in [-0.05, 0) is 13.3 Å². The van der Waals surface area contributed by atoms with E-state index in [4.69, 9.17) is 0 Å². The summed E-state index contributed by atoms with van der Waals surface area (Å²) in [6.45, 7) is 3.60. The van der Waals surface area contributed by atoms with E-state index >= 15 is 0 Å². The highest BCUT2D eigenvalue weighted by Gasteiger charge is 2.33. The predicted octanol–water partition coefficient (Wildman–Crippen LogP) is 2.24. The van der Waals surface area contributed by atoms with Gasteiger partial charge >= 0.3 is 0 Å². The van der Waals surface area contributed by atoms with Crippen molar-refractivity contribution in [2.75, 3.05) is 0 Å². The fourth-order valence-electron chi connectivity index (χ4n) is 1.93. The zero-order valence-corrected chi connectivity index (χ0v) is 8.86. The lowest BCUT2D eigenvalue weighted by Crippen LogP contribution is -2.36. The Balaban J connectivity index is 2.75. The molecule has 0 heterocycles. The van der Waals surface area contributed by atoms with Gasteiger partial charge in [-0.25, -0.2) is 0 Å². The molecule has 0 bridgehead atoms. The second-order valence-corrected chi connectivity index (χ2v) is 4.00. The van der Waals surface area contributed by atoms with Crippen molar-refractivity contribution in [1.29, 1.82) is 0 Å². The molecule has 1 aliphatic rings. The van der Waals surface area contributed by atoms with Crippen LogP contribution in [0, 0.1) is 5.92 Å². The molecule has 2 nitrogen and oxygen atoms in total. The van der Waals surface area contributed by atoms with E-state index in [1.54, 1.807) is 6.92 Å². The van der Waals surface area contributed by atoms with Gasteiger partial charge in [0.2, 0.25) is 0 Å². The third kappa shape index (κ3) is 2.55. The molecule has 1 N–H and O–H groups in total. The summed E-state index contributed by atoms with van der Waals surface area (Å²) < 4.78 is 0. The van der Waals surface area contributed by atoms with E-state index in [1.807, 2.05) is 31.2 Å². The molecule has 0 saturated heterocycles. The quantitative estimate of drug-likeness (QED) is 0.745. The summed E-state index contributed by atoms with van der Waals surface area (Å²) in [4.78, 5) is 11.0. The minimum absolute atomic E-state index is 0.0510. The Bertz CT molecular complexity index is 265. The molecule has 2 atom stereocenters. The third-order valence-corrected chi connectivity index (χ3v) is 2.64. The first kappa shape index (κ1) is 11.2. The first-order chi connectivity index (χ1) is 6.58. The van der Waals surface area contributed by atoms with Crippen LogP contribution in [0.5, 0.6) is 0 Å². The monoisotopic (exact) mass is 194 g/mol. The van der Waals surface area contributed by atoms with Crippen LogP contribution >= 0.6 is 0 Å². The first-order valence-corrected chi connectivity index (χ1v) is 5.16.